The van der Waals surface area contributed by atoms with E-state index in [1.807, 2.05) is 19.1 Å². The van der Waals surface area contributed by atoms with E-state index in [4.69, 9.17) is 0 Å². The van der Waals surface area contributed by atoms with E-state index in [9.17, 15) is 13.9 Å². The lowest BCUT2D eigenvalue weighted by Gasteiger charge is -2.39. The molecular formula is C30H39F2N5O3S. The number of aromatic amines is 1. The van der Waals surface area contributed by atoms with Crippen LogP contribution >= 0.6 is 10.6 Å². The largest absolute Gasteiger partial charge is 0.363 e. The van der Waals surface area contributed by atoms with Crippen LogP contribution in [-0.4, -0.2) is 60.1 Å². The SMILES string of the molecule is C=CCN1CCC(C(F)(F)c2cccc(C(C)Nc3nc(C)nc4[nH]c(=O)c(C5CCS(O)(O)CC5)cc34)c2)CC1. The molecule has 2 aliphatic heterocycles. The lowest BCUT2D eigenvalue weighted by Crippen LogP contribution is -2.39. The molecule has 0 spiro atoms. The van der Waals surface area contributed by atoms with E-state index < -0.39 is 22.4 Å². The summed E-state index contributed by atoms with van der Waals surface area (Å²) in [7, 11) is -2.57. The minimum Gasteiger partial charge on any atom is -0.363 e. The van der Waals surface area contributed by atoms with Crippen LogP contribution in [0.15, 0.2) is 47.8 Å². The molecule has 41 heavy (non-hydrogen) atoms. The van der Waals surface area contributed by atoms with Crippen molar-refractivity contribution in [1.29, 1.82) is 0 Å². The van der Waals surface area contributed by atoms with E-state index in [0.29, 0.717) is 72.6 Å². The number of pyridine rings is 1. The standard InChI is InChI=1S/C30H39F2N5O3S/c1-4-12-37-13-8-23(9-14-37)30(31,32)24-7-5-6-22(17-24)19(2)33-27-26-18-25(21-10-15-41(39,40)16-11-21)29(38)36-28(26)35-20(3)34-27/h4-7,17-19,21,23,39-40H,1,8-16H2,2-3H3,(H2,33,34,35,36,38). The number of nitrogens with zero attached hydrogens (tertiary/aromatic N) is 3. The quantitative estimate of drug-likeness (QED) is 0.225. The Hall–Kier alpha value is -2.86. The molecule has 0 saturated carbocycles. The number of fused-ring (bicyclic) bond motifs is 1. The molecule has 1 unspecified atom stereocenters. The fourth-order valence-electron chi connectivity index (χ4n) is 6.05. The van der Waals surface area contributed by atoms with Crippen LogP contribution in [0.2, 0.25) is 0 Å². The summed E-state index contributed by atoms with van der Waals surface area (Å²) < 4.78 is 51.3. The molecule has 4 heterocycles. The first kappa shape index (κ1) is 29.6. The van der Waals surface area contributed by atoms with E-state index in [0.717, 1.165) is 6.54 Å². The van der Waals surface area contributed by atoms with Crippen molar-refractivity contribution in [3.63, 3.8) is 0 Å². The molecule has 2 fully saturated rings. The van der Waals surface area contributed by atoms with Crippen LogP contribution < -0.4 is 10.9 Å². The molecule has 2 aromatic heterocycles. The molecule has 222 valence electrons. The van der Waals surface area contributed by atoms with Gasteiger partial charge in [0, 0.05) is 41.1 Å². The Kier molecular flexibility index (Phi) is 8.52. The van der Waals surface area contributed by atoms with Gasteiger partial charge >= 0.3 is 0 Å². The highest BCUT2D eigenvalue weighted by atomic mass is 32.3. The predicted molar refractivity (Wildman–Crippen MR) is 161 cm³/mol. The molecule has 8 nitrogen and oxygen atoms in total. The number of halogens is 2. The first-order valence-corrected chi connectivity index (χ1v) is 16.1. The Morgan fingerprint density at radius 1 is 1.20 bits per heavy atom. The summed E-state index contributed by atoms with van der Waals surface area (Å²) in [6.45, 7) is 9.36. The van der Waals surface area contributed by atoms with Crippen LogP contribution in [0.3, 0.4) is 0 Å². The van der Waals surface area contributed by atoms with Gasteiger partial charge in [-0.05, 0) is 76.2 Å². The van der Waals surface area contributed by atoms with Crippen LogP contribution in [0.1, 0.15) is 67.1 Å². The molecule has 0 amide bonds. The summed E-state index contributed by atoms with van der Waals surface area (Å²) in [6.07, 6.45) is 3.70. The smallest absolute Gasteiger partial charge is 0.276 e. The van der Waals surface area contributed by atoms with Crippen LogP contribution in [0, 0.1) is 12.8 Å². The highest BCUT2D eigenvalue weighted by Gasteiger charge is 2.42. The van der Waals surface area contributed by atoms with Crippen molar-refractivity contribution in [3.05, 3.63) is 75.9 Å². The Bertz CT molecular complexity index is 1460. The lowest BCUT2D eigenvalue weighted by atomic mass is 9.85. The third-order valence-corrected chi connectivity index (χ3v) is 10.3. The number of hydrogen-bond donors (Lipinski definition) is 4. The molecule has 1 aromatic carbocycles. The van der Waals surface area contributed by atoms with Crippen LogP contribution in [0.25, 0.3) is 11.0 Å². The van der Waals surface area contributed by atoms with Crippen molar-refractivity contribution in [3.8, 4) is 0 Å². The molecule has 0 bridgehead atoms. The molecule has 2 aliphatic rings. The van der Waals surface area contributed by atoms with E-state index >= 15 is 8.78 Å². The number of piperidine rings is 1. The van der Waals surface area contributed by atoms with Crippen LogP contribution in [0.4, 0.5) is 14.6 Å². The number of aromatic nitrogens is 3. The zero-order valence-corrected chi connectivity index (χ0v) is 24.4. The van der Waals surface area contributed by atoms with E-state index in [-0.39, 0.29) is 34.6 Å². The lowest BCUT2D eigenvalue weighted by molar-refractivity contribution is -0.0847. The van der Waals surface area contributed by atoms with Crippen LogP contribution in [-0.2, 0) is 5.92 Å². The maximum absolute atomic E-state index is 15.6. The third kappa shape index (κ3) is 6.48. The number of H-pyrrole nitrogens is 1. The number of nitrogens with one attached hydrogen (secondary N) is 2. The molecule has 0 aliphatic carbocycles. The van der Waals surface area contributed by atoms with Crippen molar-refractivity contribution >= 4 is 27.4 Å². The molecule has 0 radical (unpaired) electrons. The van der Waals surface area contributed by atoms with Crippen molar-refractivity contribution in [1.82, 2.24) is 19.9 Å². The number of anilines is 1. The summed E-state index contributed by atoms with van der Waals surface area (Å²) in [6, 6.07) is 8.03. The van der Waals surface area contributed by atoms with Gasteiger partial charge in [-0.3, -0.25) is 18.8 Å². The fraction of sp³-hybridized carbons (Fsp3) is 0.500. The minimum absolute atomic E-state index is 0.0180. The van der Waals surface area contributed by atoms with Gasteiger partial charge in [-0.25, -0.2) is 18.7 Å². The second-order valence-electron chi connectivity index (χ2n) is 11.4. The summed E-state index contributed by atoms with van der Waals surface area (Å²) in [5.74, 6) is -2.24. The van der Waals surface area contributed by atoms with Crippen molar-refractivity contribution in [2.45, 2.75) is 57.4 Å². The minimum atomic E-state index is -2.94. The number of aryl methyl sites for hydroxylation is 1. The Labute approximate surface area is 240 Å². The molecular weight excluding hydrogens is 548 g/mol. The highest BCUT2D eigenvalue weighted by Crippen LogP contribution is 2.48. The van der Waals surface area contributed by atoms with Gasteiger partial charge in [-0.2, -0.15) is 10.6 Å². The van der Waals surface area contributed by atoms with Gasteiger partial charge < -0.3 is 10.3 Å². The van der Waals surface area contributed by atoms with Crippen LogP contribution in [0.5, 0.6) is 0 Å². The van der Waals surface area contributed by atoms with Gasteiger partial charge in [0.15, 0.2) is 0 Å². The van der Waals surface area contributed by atoms with Gasteiger partial charge in [0.05, 0.1) is 5.39 Å². The van der Waals surface area contributed by atoms with E-state index in [2.05, 4.69) is 31.7 Å². The summed E-state index contributed by atoms with van der Waals surface area (Å²) in [4.78, 5) is 27.0. The number of likely N-dealkylation sites (tertiary alicyclic amines) is 1. The average Bonchev–Trinajstić information content (AvgIpc) is 2.93. The van der Waals surface area contributed by atoms with Gasteiger partial charge in [0.25, 0.3) is 11.5 Å². The molecule has 5 rings (SSSR count). The van der Waals surface area contributed by atoms with Gasteiger partial charge in [0.2, 0.25) is 0 Å². The Morgan fingerprint density at radius 3 is 2.59 bits per heavy atom. The Balaban J connectivity index is 1.39. The summed E-state index contributed by atoms with van der Waals surface area (Å²) in [5, 5.41) is 4.00. The van der Waals surface area contributed by atoms with E-state index in [1.165, 1.54) is 6.07 Å². The zero-order chi connectivity index (χ0) is 29.4. The maximum Gasteiger partial charge on any atom is 0.276 e. The summed E-state index contributed by atoms with van der Waals surface area (Å²) in [5.41, 5.74) is 1.44. The molecule has 11 heteroatoms. The molecule has 4 N–H and O–H groups in total. The monoisotopic (exact) mass is 587 g/mol. The number of benzene rings is 1. The third-order valence-electron chi connectivity index (χ3n) is 8.49. The first-order chi connectivity index (χ1) is 19.5. The number of hydrogen-bond acceptors (Lipinski definition) is 7. The van der Waals surface area contributed by atoms with Crippen molar-refractivity contribution in [2.24, 2.45) is 5.92 Å². The van der Waals surface area contributed by atoms with Gasteiger partial charge in [-0.15, -0.1) is 6.58 Å². The highest BCUT2D eigenvalue weighted by molar-refractivity contribution is 8.24. The first-order valence-electron chi connectivity index (χ1n) is 14.2. The second kappa shape index (κ2) is 11.8. The second-order valence-corrected chi connectivity index (χ2v) is 13.8. The number of alkyl halides is 2. The normalized spacial score (nSPS) is 20.5. The summed E-state index contributed by atoms with van der Waals surface area (Å²) >= 11 is 0. The maximum atomic E-state index is 15.6. The topological polar surface area (TPSA) is 114 Å². The average molecular weight is 588 g/mol. The van der Waals surface area contributed by atoms with Crippen molar-refractivity contribution in [2.75, 3.05) is 36.5 Å². The van der Waals surface area contributed by atoms with E-state index in [1.54, 1.807) is 25.1 Å². The van der Waals surface area contributed by atoms with Gasteiger partial charge in [0.1, 0.15) is 17.3 Å². The molecule has 1 atom stereocenters. The van der Waals surface area contributed by atoms with Crippen molar-refractivity contribution < 1.29 is 17.9 Å². The predicted octanol–water partition coefficient (Wildman–Crippen LogP) is 6.42. The fourth-order valence-corrected chi connectivity index (χ4v) is 7.57. The number of rotatable bonds is 8. The zero-order valence-electron chi connectivity index (χ0n) is 23.6. The molecule has 3 aromatic rings. The molecule has 2 saturated heterocycles. The Morgan fingerprint density at radius 2 is 1.90 bits per heavy atom. The van der Waals surface area contributed by atoms with Gasteiger partial charge in [-0.1, -0.05) is 24.3 Å².